The molecule has 0 N–H and O–H groups in total. The van der Waals surface area contributed by atoms with Crippen LogP contribution in [-0.4, -0.2) is 84.0 Å². The van der Waals surface area contributed by atoms with Crippen LogP contribution in [0.3, 0.4) is 0 Å². The number of likely N-dealkylation sites (tertiary alicyclic amines) is 2. The molecule has 8 heteroatoms. The molecule has 0 unspecified atom stereocenters. The number of carbonyl (C=O) groups is 3. The van der Waals surface area contributed by atoms with E-state index in [-0.39, 0.29) is 24.3 Å². The van der Waals surface area contributed by atoms with Gasteiger partial charge >= 0.3 is 0 Å². The van der Waals surface area contributed by atoms with E-state index in [0.717, 1.165) is 56.6 Å². The van der Waals surface area contributed by atoms with Crippen molar-refractivity contribution in [2.45, 2.75) is 57.4 Å². The second kappa shape index (κ2) is 14.4. The SMILES string of the molecule is CCCCOc1ccc(C(=O)N2CCC3(CC2)C(=O)N(CC(=O)N2CCC(Cc4ccccc4)CC2)CN3c2ccccc2)cc1. The summed E-state index contributed by atoms with van der Waals surface area (Å²) in [5, 5.41) is 0. The molecule has 8 nitrogen and oxygen atoms in total. The Hall–Kier alpha value is -4.33. The van der Waals surface area contributed by atoms with Crippen LogP contribution in [0.2, 0.25) is 0 Å². The zero-order chi connectivity index (χ0) is 31.9. The van der Waals surface area contributed by atoms with Gasteiger partial charge in [0.25, 0.3) is 11.8 Å². The molecule has 3 aromatic carbocycles. The molecule has 1 spiro atoms. The van der Waals surface area contributed by atoms with Crippen LogP contribution in [-0.2, 0) is 16.0 Å². The number of anilines is 1. The summed E-state index contributed by atoms with van der Waals surface area (Å²) in [6.07, 6.45) is 6.09. The monoisotopic (exact) mass is 622 g/mol. The van der Waals surface area contributed by atoms with Gasteiger partial charge in [-0.15, -0.1) is 0 Å². The van der Waals surface area contributed by atoms with E-state index in [1.165, 1.54) is 5.56 Å². The molecule has 0 aromatic heterocycles. The fourth-order valence-electron chi connectivity index (χ4n) is 7.21. The third kappa shape index (κ3) is 6.91. The third-order valence-corrected chi connectivity index (χ3v) is 9.99. The van der Waals surface area contributed by atoms with Crippen molar-refractivity contribution in [1.82, 2.24) is 14.7 Å². The highest BCUT2D eigenvalue weighted by atomic mass is 16.5. The normalized spacial score (nSPS) is 18.3. The smallest absolute Gasteiger partial charge is 0.253 e. The van der Waals surface area contributed by atoms with Crippen molar-refractivity contribution in [2.75, 3.05) is 50.9 Å². The van der Waals surface area contributed by atoms with Gasteiger partial charge < -0.3 is 24.3 Å². The number of amides is 3. The molecule has 0 aliphatic carbocycles. The van der Waals surface area contributed by atoms with Gasteiger partial charge in [-0.3, -0.25) is 14.4 Å². The van der Waals surface area contributed by atoms with Gasteiger partial charge in [0.05, 0.1) is 13.3 Å². The number of hydrogen-bond donors (Lipinski definition) is 0. The first kappa shape index (κ1) is 31.6. The van der Waals surface area contributed by atoms with Gasteiger partial charge in [-0.2, -0.15) is 0 Å². The number of hydrogen-bond acceptors (Lipinski definition) is 5. The molecular formula is C38H46N4O4. The maximum atomic E-state index is 14.2. The lowest BCUT2D eigenvalue weighted by Gasteiger charge is -2.43. The maximum absolute atomic E-state index is 14.2. The molecule has 3 fully saturated rings. The van der Waals surface area contributed by atoms with Crippen molar-refractivity contribution in [2.24, 2.45) is 5.92 Å². The van der Waals surface area contributed by atoms with E-state index >= 15 is 0 Å². The van der Waals surface area contributed by atoms with E-state index in [2.05, 4.69) is 36.1 Å². The summed E-state index contributed by atoms with van der Waals surface area (Å²) in [6, 6.07) is 27.9. The highest BCUT2D eigenvalue weighted by Crippen LogP contribution is 2.40. The first-order valence-electron chi connectivity index (χ1n) is 16.9. The summed E-state index contributed by atoms with van der Waals surface area (Å²) >= 11 is 0. The van der Waals surface area contributed by atoms with Gasteiger partial charge in [-0.1, -0.05) is 61.9 Å². The summed E-state index contributed by atoms with van der Waals surface area (Å²) in [4.78, 5) is 48.9. The highest BCUT2D eigenvalue weighted by Gasteiger charge is 2.54. The molecule has 3 aliphatic heterocycles. The molecule has 3 amide bonds. The molecule has 0 bridgehead atoms. The van der Waals surface area contributed by atoms with Crippen LogP contribution in [0, 0.1) is 5.92 Å². The Kier molecular flexibility index (Phi) is 9.91. The Morgan fingerprint density at radius 2 is 1.48 bits per heavy atom. The lowest BCUT2D eigenvalue weighted by atomic mass is 9.85. The molecule has 0 radical (unpaired) electrons. The fraction of sp³-hybridized carbons (Fsp3) is 0.447. The Morgan fingerprint density at radius 1 is 0.826 bits per heavy atom. The first-order valence-corrected chi connectivity index (χ1v) is 16.9. The molecule has 3 aliphatic rings. The summed E-state index contributed by atoms with van der Waals surface area (Å²) in [5.74, 6) is 1.32. The lowest BCUT2D eigenvalue weighted by molar-refractivity contribution is -0.141. The average Bonchev–Trinajstić information content (AvgIpc) is 3.36. The standard InChI is InChI=1S/C38H46N4O4/c1-2-3-26-46-34-16-14-32(15-17-34)36(44)40-24-20-38(21-25-40)37(45)41(29-42(38)33-12-8-5-9-13-33)28-35(43)39-22-18-31(19-23-39)27-30-10-6-4-7-11-30/h4-17,31H,2-3,18-29H2,1H3. The Morgan fingerprint density at radius 3 is 2.13 bits per heavy atom. The van der Waals surface area contributed by atoms with Crippen molar-refractivity contribution in [1.29, 1.82) is 0 Å². The van der Waals surface area contributed by atoms with Crippen molar-refractivity contribution >= 4 is 23.4 Å². The number of piperidine rings is 2. The zero-order valence-electron chi connectivity index (χ0n) is 27.0. The molecule has 0 saturated carbocycles. The Bertz CT molecular complexity index is 1460. The second-order valence-electron chi connectivity index (χ2n) is 13.0. The zero-order valence-corrected chi connectivity index (χ0v) is 27.0. The van der Waals surface area contributed by atoms with E-state index in [1.54, 1.807) is 4.90 Å². The van der Waals surface area contributed by atoms with Crippen molar-refractivity contribution < 1.29 is 19.1 Å². The number of unbranched alkanes of at least 4 members (excludes halogenated alkanes) is 1. The van der Waals surface area contributed by atoms with E-state index in [1.807, 2.05) is 70.5 Å². The first-order chi connectivity index (χ1) is 22.5. The number of para-hydroxylation sites is 1. The third-order valence-electron chi connectivity index (χ3n) is 9.99. The van der Waals surface area contributed by atoms with Gasteiger partial charge in [0.2, 0.25) is 5.91 Å². The summed E-state index contributed by atoms with van der Waals surface area (Å²) < 4.78 is 5.76. The van der Waals surface area contributed by atoms with Crippen LogP contribution in [0.4, 0.5) is 5.69 Å². The number of rotatable bonds is 10. The minimum atomic E-state index is -0.780. The minimum absolute atomic E-state index is 0.00986. The molecule has 3 saturated heterocycles. The Labute approximate surface area is 272 Å². The van der Waals surface area contributed by atoms with Gasteiger partial charge in [0.1, 0.15) is 17.8 Å². The quantitative estimate of drug-likeness (QED) is 0.274. The van der Waals surface area contributed by atoms with Crippen molar-refractivity contribution in [3.63, 3.8) is 0 Å². The molecule has 46 heavy (non-hydrogen) atoms. The summed E-state index contributed by atoms with van der Waals surface area (Å²) in [5.41, 5.74) is 2.15. The molecular weight excluding hydrogens is 576 g/mol. The van der Waals surface area contributed by atoms with E-state index in [0.29, 0.717) is 50.7 Å². The average molecular weight is 623 g/mol. The van der Waals surface area contributed by atoms with Crippen LogP contribution >= 0.6 is 0 Å². The molecule has 0 atom stereocenters. The van der Waals surface area contributed by atoms with Gasteiger partial charge in [0, 0.05) is 37.4 Å². The number of nitrogens with zero attached hydrogens (tertiary/aromatic N) is 4. The van der Waals surface area contributed by atoms with Crippen molar-refractivity contribution in [3.8, 4) is 5.75 Å². The highest BCUT2D eigenvalue weighted by molar-refractivity contribution is 5.97. The predicted octanol–water partition coefficient (Wildman–Crippen LogP) is 5.63. The predicted molar refractivity (Wildman–Crippen MR) is 180 cm³/mol. The van der Waals surface area contributed by atoms with Gasteiger partial charge in [-0.05, 0) is 86.4 Å². The Balaban J connectivity index is 1.09. The molecule has 6 rings (SSSR count). The van der Waals surface area contributed by atoms with Crippen molar-refractivity contribution in [3.05, 3.63) is 96.1 Å². The van der Waals surface area contributed by atoms with Gasteiger partial charge in [-0.25, -0.2) is 0 Å². The largest absolute Gasteiger partial charge is 0.494 e. The van der Waals surface area contributed by atoms with Crippen LogP contribution in [0.25, 0.3) is 0 Å². The molecule has 242 valence electrons. The number of carbonyl (C=O) groups excluding carboxylic acids is 3. The summed E-state index contributed by atoms with van der Waals surface area (Å²) in [7, 11) is 0. The van der Waals surface area contributed by atoms with Crippen LogP contribution in [0.15, 0.2) is 84.9 Å². The topological polar surface area (TPSA) is 73.4 Å². The van der Waals surface area contributed by atoms with E-state index in [4.69, 9.17) is 4.74 Å². The van der Waals surface area contributed by atoms with E-state index < -0.39 is 5.54 Å². The van der Waals surface area contributed by atoms with Crippen LogP contribution in [0.5, 0.6) is 5.75 Å². The van der Waals surface area contributed by atoms with E-state index in [9.17, 15) is 14.4 Å². The number of ether oxygens (including phenoxy) is 1. The van der Waals surface area contributed by atoms with Gasteiger partial charge in [0.15, 0.2) is 0 Å². The summed E-state index contributed by atoms with van der Waals surface area (Å²) in [6.45, 7) is 5.65. The molecule has 3 heterocycles. The maximum Gasteiger partial charge on any atom is 0.253 e. The molecule has 3 aromatic rings. The fourth-order valence-corrected chi connectivity index (χ4v) is 7.21. The number of benzene rings is 3. The second-order valence-corrected chi connectivity index (χ2v) is 13.0. The van der Waals surface area contributed by atoms with Crippen LogP contribution < -0.4 is 9.64 Å². The lowest BCUT2D eigenvalue weighted by Crippen LogP contribution is -2.57. The van der Waals surface area contributed by atoms with Crippen LogP contribution in [0.1, 0.15) is 61.4 Å². The minimum Gasteiger partial charge on any atom is -0.494 e.